The maximum atomic E-state index is 11.1. The molecule has 6 heteroatoms. The quantitative estimate of drug-likeness (QED) is 0.862. The lowest BCUT2D eigenvalue weighted by Crippen LogP contribution is -2.06. The summed E-state index contributed by atoms with van der Waals surface area (Å²) < 4.78 is 22.2. The Hall–Kier alpha value is -1.84. The normalized spacial score (nSPS) is 11.0. The van der Waals surface area contributed by atoms with E-state index in [1.807, 2.05) is 29.6 Å². The van der Waals surface area contributed by atoms with E-state index >= 15 is 0 Å². The molecule has 0 radical (unpaired) electrons. The first kappa shape index (κ1) is 14.6. The summed E-state index contributed by atoms with van der Waals surface area (Å²) in [5.41, 5.74) is 2.43. The molecule has 0 aliphatic rings. The monoisotopic (exact) mass is 306 g/mol. The molecular formula is C14H14N2O2S2. The molecule has 4 nitrogen and oxygen atoms in total. The van der Waals surface area contributed by atoms with Gasteiger partial charge in [0.15, 0.2) is 5.13 Å². The minimum atomic E-state index is -2.96. The van der Waals surface area contributed by atoms with Crippen LogP contribution in [0.1, 0.15) is 11.3 Å². The van der Waals surface area contributed by atoms with E-state index in [0.717, 1.165) is 22.1 Å². The number of thiazole rings is 1. The number of hydrogen-bond acceptors (Lipinski definition) is 5. The van der Waals surface area contributed by atoms with Gasteiger partial charge in [0.1, 0.15) is 9.84 Å². The van der Waals surface area contributed by atoms with Crippen molar-refractivity contribution >= 4 is 32.0 Å². The van der Waals surface area contributed by atoms with Crippen LogP contribution in [-0.2, 0) is 16.3 Å². The van der Waals surface area contributed by atoms with Gasteiger partial charge in [0, 0.05) is 29.3 Å². The Balaban J connectivity index is 2.04. The minimum absolute atomic E-state index is 0.114. The highest BCUT2D eigenvalue weighted by Crippen LogP contribution is 2.21. The Kier molecular flexibility index (Phi) is 4.42. The molecular weight excluding hydrogens is 292 g/mol. The van der Waals surface area contributed by atoms with Gasteiger partial charge in [-0.15, -0.1) is 17.8 Å². The number of rotatable bonds is 5. The molecule has 20 heavy (non-hydrogen) atoms. The van der Waals surface area contributed by atoms with Crippen LogP contribution in [0.5, 0.6) is 0 Å². The predicted molar refractivity (Wildman–Crippen MR) is 83.2 cm³/mol. The van der Waals surface area contributed by atoms with E-state index in [2.05, 4.69) is 16.2 Å². The van der Waals surface area contributed by atoms with Gasteiger partial charge in [-0.25, -0.2) is 13.4 Å². The second-order valence-corrected chi connectivity index (χ2v) is 7.49. The van der Waals surface area contributed by atoms with Crippen molar-refractivity contribution < 1.29 is 8.42 Å². The number of aryl methyl sites for hydroxylation is 1. The highest BCUT2D eigenvalue weighted by Gasteiger charge is 2.07. The summed E-state index contributed by atoms with van der Waals surface area (Å²) in [6.45, 7) is 0. The molecule has 0 atom stereocenters. The zero-order valence-electron chi connectivity index (χ0n) is 11.0. The third kappa shape index (κ3) is 4.37. The molecule has 0 saturated carbocycles. The SMILES string of the molecule is C#Cc1cccc(Nc2nc(CCS(C)(=O)=O)cs2)c1. The summed E-state index contributed by atoms with van der Waals surface area (Å²) in [5.74, 6) is 2.69. The fraction of sp³-hybridized carbons (Fsp3) is 0.214. The molecule has 2 aromatic rings. The number of benzene rings is 1. The van der Waals surface area contributed by atoms with Gasteiger partial charge in [0.2, 0.25) is 0 Å². The van der Waals surface area contributed by atoms with Crippen molar-refractivity contribution in [2.24, 2.45) is 0 Å². The van der Waals surface area contributed by atoms with E-state index < -0.39 is 9.84 Å². The Morgan fingerprint density at radius 3 is 2.95 bits per heavy atom. The van der Waals surface area contributed by atoms with Gasteiger partial charge >= 0.3 is 0 Å². The van der Waals surface area contributed by atoms with E-state index in [9.17, 15) is 8.42 Å². The molecule has 1 aromatic heterocycles. The molecule has 0 bridgehead atoms. The molecule has 0 unspecified atom stereocenters. The highest BCUT2D eigenvalue weighted by molar-refractivity contribution is 7.90. The summed E-state index contributed by atoms with van der Waals surface area (Å²) in [6.07, 6.45) is 7.01. The van der Waals surface area contributed by atoms with E-state index in [1.165, 1.54) is 17.6 Å². The van der Waals surface area contributed by atoms with Gasteiger partial charge in [0.25, 0.3) is 0 Å². The summed E-state index contributed by atoms with van der Waals surface area (Å²) in [5, 5.41) is 5.74. The molecule has 1 heterocycles. The predicted octanol–water partition coefficient (Wildman–Crippen LogP) is 2.46. The van der Waals surface area contributed by atoms with Crippen LogP contribution < -0.4 is 5.32 Å². The fourth-order valence-electron chi connectivity index (χ4n) is 1.58. The summed E-state index contributed by atoms with van der Waals surface area (Å²) >= 11 is 1.44. The van der Waals surface area contributed by atoms with Gasteiger partial charge in [0.05, 0.1) is 11.4 Å². The fourth-order valence-corrected chi connectivity index (χ4v) is 2.92. The standard InChI is InChI=1S/C14H14N2O2S2/c1-3-11-5-4-6-12(9-11)15-14-16-13(10-19-14)7-8-20(2,17)18/h1,4-6,9-10H,7-8H2,2H3,(H,15,16). The number of nitrogens with zero attached hydrogens (tertiary/aromatic N) is 1. The Labute approximate surface area is 122 Å². The summed E-state index contributed by atoms with van der Waals surface area (Å²) in [7, 11) is -2.96. The highest BCUT2D eigenvalue weighted by atomic mass is 32.2. The first-order valence-corrected chi connectivity index (χ1v) is 8.86. The van der Waals surface area contributed by atoms with E-state index in [1.54, 1.807) is 0 Å². The number of aromatic nitrogens is 1. The minimum Gasteiger partial charge on any atom is -0.332 e. The Morgan fingerprint density at radius 2 is 2.25 bits per heavy atom. The van der Waals surface area contributed by atoms with E-state index in [4.69, 9.17) is 6.42 Å². The van der Waals surface area contributed by atoms with Gasteiger partial charge in [-0.3, -0.25) is 0 Å². The van der Waals surface area contributed by atoms with Crippen molar-refractivity contribution in [1.82, 2.24) is 4.98 Å². The van der Waals surface area contributed by atoms with E-state index in [-0.39, 0.29) is 5.75 Å². The van der Waals surface area contributed by atoms with Crippen LogP contribution in [0.3, 0.4) is 0 Å². The van der Waals surface area contributed by atoms with Crippen molar-refractivity contribution in [1.29, 1.82) is 0 Å². The maximum Gasteiger partial charge on any atom is 0.187 e. The average molecular weight is 306 g/mol. The molecule has 2 rings (SSSR count). The second-order valence-electron chi connectivity index (χ2n) is 4.37. The van der Waals surface area contributed by atoms with Gasteiger partial charge < -0.3 is 5.32 Å². The van der Waals surface area contributed by atoms with E-state index in [0.29, 0.717) is 6.42 Å². The van der Waals surface area contributed by atoms with Crippen LogP contribution in [0.4, 0.5) is 10.8 Å². The third-order valence-corrected chi connectivity index (χ3v) is 4.31. The zero-order valence-corrected chi connectivity index (χ0v) is 12.6. The van der Waals surface area contributed by atoms with Crippen LogP contribution in [0, 0.1) is 12.3 Å². The lowest BCUT2D eigenvalue weighted by molar-refractivity contribution is 0.601. The van der Waals surface area contributed by atoms with Gasteiger partial charge in [-0.2, -0.15) is 0 Å². The topological polar surface area (TPSA) is 59.1 Å². The van der Waals surface area contributed by atoms with Gasteiger partial charge in [-0.05, 0) is 18.2 Å². The summed E-state index contributed by atoms with van der Waals surface area (Å²) in [6, 6.07) is 7.48. The number of hydrogen-bond donors (Lipinski definition) is 1. The molecule has 0 aliphatic carbocycles. The van der Waals surface area contributed by atoms with Crippen LogP contribution in [0.2, 0.25) is 0 Å². The molecule has 0 fully saturated rings. The zero-order chi connectivity index (χ0) is 14.6. The average Bonchev–Trinajstić information content (AvgIpc) is 2.83. The molecule has 1 aromatic carbocycles. The first-order valence-electron chi connectivity index (χ1n) is 5.92. The molecule has 0 aliphatic heterocycles. The van der Waals surface area contributed by atoms with Crippen LogP contribution >= 0.6 is 11.3 Å². The third-order valence-electron chi connectivity index (χ3n) is 2.56. The molecule has 0 spiro atoms. The van der Waals surface area contributed by atoms with Crippen molar-refractivity contribution in [3.8, 4) is 12.3 Å². The smallest absolute Gasteiger partial charge is 0.187 e. The molecule has 0 amide bonds. The second kappa shape index (κ2) is 6.07. The Bertz CT molecular complexity index is 743. The van der Waals surface area contributed by atoms with Crippen LogP contribution in [0.25, 0.3) is 0 Å². The lowest BCUT2D eigenvalue weighted by atomic mass is 10.2. The summed E-state index contributed by atoms with van der Waals surface area (Å²) in [4.78, 5) is 4.36. The Morgan fingerprint density at radius 1 is 1.45 bits per heavy atom. The lowest BCUT2D eigenvalue weighted by Gasteiger charge is -2.02. The van der Waals surface area contributed by atoms with Crippen molar-refractivity contribution in [2.75, 3.05) is 17.3 Å². The number of nitrogens with one attached hydrogen (secondary N) is 1. The number of anilines is 2. The number of sulfone groups is 1. The largest absolute Gasteiger partial charge is 0.332 e. The van der Waals surface area contributed by atoms with Gasteiger partial charge in [-0.1, -0.05) is 12.0 Å². The van der Waals surface area contributed by atoms with Crippen LogP contribution in [-0.4, -0.2) is 25.4 Å². The molecule has 104 valence electrons. The molecule has 1 N–H and O–H groups in total. The van der Waals surface area contributed by atoms with Crippen molar-refractivity contribution in [3.05, 3.63) is 40.9 Å². The maximum absolute atomic E-state index is 11.1. The van der Waals surface area contributed by atoms with Crippen LogP contribution in [0.15, 0.2) is 29.6 Å². The van der Waals surface area contributed by atoms with Crippen molar-refractivity contribution in [3.63, 3.8) is 0 Å². The number of terminal acetylenes is 1. The molecule has 0 saturated heterocycles. The first-order chi connectivity index (χ1) is 9.46. The van der Waals surface area contributed by atoms with Crippen molar-refractivity contribution in [2.45, 2.75) is 6.42 Å².